The van der Waals surface area contributed by atoms with Gasteiger partial charge in [0, 0.05) is 23.6 Å². The zero-order valence-corrected chi connectivity index (χ0v) is 22.7. The molecule has 0 saturated heterocycles. The summed E-state index contributed by atoms with van der Waals surface area (Å²) in [5.41, 5.74) is -0.866. The number of alkyl halides is 3. The average molecular weight is 602 g/mol. The lowest BCUT2D eigenvalue weighted by atomic mass is 9.96. The van der Waals surface area contributed by atoms with Crippen LogP contribution >= 0.6 is 11.6 Å². The maximum absolute atomic E-state index is 13.4. The number of carbonyl (C=O) groups excluding carboxylic acids is 1. The molecule has 4 rings (SSSR count). The third-order valence-electron chi connectivity index (χ3n) is 5.91. The van der Waals surface area contributed by atoms with Gasteiger partial charge in [0.1, 0.15) is 10.6 Å². The number of aromatic nitrogens is 2. The van der Waals surface area contributed by atoms with E-state index in [9.17, 15) is 31.2 Å². The number of hydrogen-bond donors (Lipinski definition) is 1. The number of benzene rings is 2. The fraction of sp³-hybridized carbons (Fsp3) is 0.320. The molecule has 1 N–H and O–H groups in total. The van der Waals surface area contributed by atoms with Crippen molar-refractivity contribution in [2.24, 2.45) is 0 Å². The quantitative estimate of drug-likeness (QED) is 0.318. The number of aliphatic carboxylic acids is 1. The van der Waals surface area contributed by atoms with Crippen LogP contribution in [0.5, 0.6) is 11.6 Å². The third kappa shape index (κ3) is 5.87. The van der Waals surface area contributed by atoms with Crippen LogP contribution in [0.2, 0.25) is 5.02 Å². The lowest BCUT2D eigenvalue weighted by molar-refractivity contribution is -0.141. The van der Waals surface area contributed by atoms with E-state index in [0.717, 1.165) is 10.7 Å². The standard InChI is InChI=1S/C25H23ClF3N3O7S/c1-14(2)18-10-17(38-9-3-4-22(33)34)11-19-23(18)24(35)31(40(19,36)37)13-39-21-12-20(25(27,28)29)30-32(21)16-7-5-15(26)6-8-16/h5-8,10-12,14H,3-4,9,13H2,1-2H3,(H,33,34). The number of halogens is 4. The summed E-state index contributed by atoms with van der Waals surface area (Å²) < 4.78 is 79.3. The topological polar surface area (TPSA) is 128 Å². The molecule has 1 aliphatic heterocycles. The minimum absolute atomic E-state index is 0.000330. The normalized spacial score (nSPS) is 14.5. The summed E-state index contributed by atoms with van der Waals surface area (Å²) in [6.07, 6.45) is -4.79. The van der Waals surface area contributed by atoms with E-state index in [2.05, 4.69) is 5.10 Å². The summed E-state index contributed by atoms with van der Waals surface area (Å²) in [5.74, 6) is -2.56. The van der Waals surface area contributed by atoms with Gasteiger partial charge < -0.3 is 14.6 Å². The molecule has 0 radical (unpaired) electrons. The van der Waals surface area contributed by atoms with Crippen LogP contribution in [0.15, 0.2) is 47.4 Å². The van der Waals surface area contributed by atoms with E-state index in [1.807, 2.05) is 0 Å². The lowest BCUT2D eigenvalue weighted by Crippen LogP contribution is -2.34. The maximum Gasteiger partial charge on any atom is 0.435 e. The Kier molecular flexibility index (Phi) is 8.04. The van der Waals surface area contributed by atoms with Crippen LogP contribution in [0.3, 0.4) is 0 Å². The van der Waals surface area contributed by atoms with Crippen molar-refractivity contribution in [2.45, 2.75) is 43.7 Å². The van der Waals surface area contributed by atoms with Gasteiger partial charge in [0.15, 0.2) is 12.4 Å². The zero-order chi connectivity index (χ0) is 29.4. The van der Waals surface area contributed by atoms with Crippen LogP contribution in [0.1, 0.15) is 54.2 Å². The summed E-state index contributed by atoms with van der Waals surface area (Å²) in [7, 11) is -4.48. The Bertz CT molecular complexity index is 1550. The Morgan fingerprint density at radius 3 is 2.40 bits per heavy atom. The predicted molar refractivity (Wildman–Crippen MR) is 135 cm³/mol. The van der Waals surface area contributed by atoms with Crippen LogP contribution < -0.4 is 9.47 Å². The van der Waals surface area contributed by atoms with E-state index in [0.29, 0.717) is 21.0 Å². The Balaban J connectivity index is 1.65. The Morgan fingerprint density at radius 2 is 1.80 bits per heavy atom. The van der Waals surface area contributed by atoms with E-state index in [1.165, 1.54) is 30.3 Å². The second-order valence-corrected chi connectivity index (χ2v) is 11.3. The van der Waals surface area contributed by atoms with Gasteiger partial charge in [0.25, 0.3) is 15.9 Å². The molecule has 214 valence electrons. The SMILES string of the molecule is CC(C)c1cc(OCCCC(=O)O)cc2c1C(=O)N(COc1cc(C(F)(F)F)nn1-c1ccc(Cl)cc1)S2(=O)=O. The van der Waals surface area contributed by atoms with Crippen molar-refractivity contribution >= 4 is 33.5 Å². The van der Waals surface area contributed by atoms with Gasteiger partial charge in [-0.05, 0) is 48.2 Å². The Hall–Kier alpha value is -3.78. The van der Waals surface area contributed by atoms with E-state index in [-0.39, 0.29) is 47.3 Å². The van der Waals surface area contributed by atoms with Gasteiger partial charge in [0.05, 0.1) is 17.9 Å². The fourth-order valence-electron chi connectivity index (χ4n) is 3.97. The van der Waals surface area contributed by atoms with Gasteiger partial charge in [-0.3, -0.25) is 9.59 Å². The molecule has 0 saturated carbocycles. The molecule has 15 heteroatoms. The van der Waals surface area contributed by atoms with Crippen molar-refractivity contribution in [2.75, 3.05) is 13.3 Å². The molecule has 0 aliphatic carbocycles. The van der Waals surface area contributed by atoms with Crippen LogP contribution in [-0.2, 0) is 21.0 Å². The molecular formula is C25H23ClF3N3O7S. The van der Waals surface area contributed by atoms with Crippen molar-refractivity contribution < 1.29 is 45.8 Å². The molecule has 0 atom stereocenters. The van der Waals surface area contributed by atoms with Gasteiger partial charge in [-0.1, -0.05) is 25.4 Å². The molecule has 2 aromatic carbocycles. The summed E-state index contributed by atoms with van der Waals surface area (Å²) in [6, 6.07) is 8.90. The summed E-state index contributed by atoms with van der Waals surface area (Å²) in [5, 5.41) is 12.7. The van der Waals surface area contributed by atoms with Crippen LogP contribution in [-0.4, -0.2) is 52.8 Å². The summed E-state index contributed by atoms with van der Waals surface area (Å²) in [6.45, 7) is 2.55. The number of rotatable bonds is 10. The first-order valence-corrected chi connectivity index (χ1v) is 13.7. The Labute approximate surface area is 231 Å². The van der Waals surface area contributed by atoms with Gasteiger partial charge in [0.2, 0.25) is 5.88 Å². The number of hydrogen-bond acceptors (Lipinski definition) is 7. The number of fused-ring (bicyclic) bond motifs is 1. The number of amides is 1. The van der Waals surface area contributed by atoms with Crippen molar-refractivity contribution in [1.82, 2.24) is 14.1 Å². The first-order chi connectivity index (χ1) is 18.7. The van der Waals surface area contributed by atoms with E-state index in [1.54, 1.807) is 13.8 Å². The molecule has 3 aromatic rings. The van der Waals surface area contributed by atoms with Crippen molar-refractivity contribution in [3.63, 3.8) is 0 Å². The van der Waals surface area contributed by atoms with E-state index < -0.39 is 46.4 Å². The van der Waals surface area contributed by atoms with Crippen molar-refractivity contribution in [1.29, 1.82) is 0 Å². The average Bonchev–Trinajstić information content (AvgIpc) is 3.38. The highest BCUT2D eigenvalue weighted by Crippen LogP contribution is 2.39. The highest BCUT2D eigenvalue weighted by molar-refractivity contribution is 7.90. The molecule has 1 aromatic heterocycles. The molecule has 1 aliphatic rings. The number of nitrogens with zero attached hydrogens (tertiary/aromatic N) is 3. The molecule has 1 amide bonds. The van der Waals surface area contributed by atoms with Crippen LogP contribution in [0.25, 0.3) is 5.69 Å². The number of carbonyl (C=O) groups is 2. The molecule has 40 heavy (non-hydrogen) atoms. The monoisotopic (exact) mass is 601 g/mol. The molecule has 0 bridgehead atoms. The first kappa shape index (κ1) is 29.2. The van der Waals surface area contributed by atoms with E-state index >= 15 is 0 Å². The van der Waals surface area contributed by atoms with Gasteiger partial charge >= 0.3 is 12.1 Å². The van der Waals surface area contributed by atoms with E-state index in [4.69, 9.17) is 26.2 Å². The summed E-state index contributed by atoms with van der Waals surface area (Å²) in [4.78, 5) is 23.7. The van der Waals surface area contributed by atoms with Gasteiger partial charge in [-0.25, -0.2) is 13.1 Å². The molecule has 0 spiro atoms. The van der Waals surface area contributed by atoms with Gasteiger partial charge in [-0.15, -0.1) is 0 Å². The van der Waals surface area contributed by atoms with Gasteiger partial charge in [-0.2, -0.15) is 22.6 Å². The van der Waals surface area contributed by atoms with Crippen LogP contribution in [0, 0.1) is 0 Å². The minimum Gasteiger partial charge on any atom is -0.494 e. The number of ether oxygens (including phenoxy) is 2. The molecule has 10 nitrogen and oxygen atoms in total. The number of sulfonamides is 1. The second-order valence-electron chi connectivity index (χ2n) is 9.07. The highest BCUT2D eigenvalue weighted by atomic mass is 35.5. The third-order valence-corrected chi connectivity index (χ3v) is 7.89. The summed E-state index contributed by atoms with van der Waals surface area (Å²) >= 11 is 5.87. The number of carboxylic acid groups (broad SMARTS) is 1. The Morgan fingerprint density at radius 1 is 1.12 bits per heavy atom. The molecule has 0 unspecified atom stereocenters. The second kappa shape index (κ2) is 11.0. The lowest BCUT2D eigenvalue weighted by Gasteiger charge is -2.16. The smallest absolute Gasteiger partial charge is 0.435 e. The van der Waals surface area contributed by atoms with Crippen LogP contribution in [0.4, 0.5) is 13.2 Å². The predicted octanol–water partition coefficient (Wildman–Crippen LogP) is 5.09. The molecule has 0 fully saturated rings. The largest absolute Gasteiger partial charge is 0.494 e. The maximum atomic E-state index is 13.4. The molecule has 2 heterocycles. The number of carboxylic acids is 1. The van der Waals surface area contributed by atoms with Crippen molar-refractivity contribution in [3.05, 3.63) is 64.3 Å². The minimum atomic E-state index is -4.82. The highest BCUT2D eigenvalue weighted by Gasteiger charge is 2.44. The first-order valence-electron chi connectivity index (χ1n) is 11.9. The van der Waals surface area contributed by atoms with Crippen molar-refractivity contribution in [3.8, 4) is 17.3 Å². The zero-order valence-electron chi connectivity index (χ0n) is 21.1. The molecular weight excluding hydrogens is 579 g/mol. The fourth-order valence-corrected chi connectivity index (χ4v) is 5.57.